The van der Waals surface area contributed by atoms with Crippen LogP contribution in [0.25, 0.3) is 0 Å². The molecule has 0 spiro atoms. The van der Waals surface area contributed by atoms with Gasteiger partial charge >= 0.3 is 5.97 Å². The summed E-state index contributed by atoms with van der Waals surface area (Å²) in [6.45, 7) is 9.60. The Labute approximate surface area is 199 Å². The molecule has 4 N–H and O–H groups in total. The number of benzene rings is 1. The number of rotatable bonds is 6. The van der Waals surface area contributed by atoms with Crippen molar-refractivity contribution in [1.29, 1.82) is 0 Å². The molecule has 2 heterocycles. The predicted octanol–water partition coefficient (Wildman–Crippen LogP) is 5.17. The van der Waals surface area contributed by atoms with E-state index in [-0.39, 0.29) is 11.4 Å². The van der Waals surface area contributed by atoms with Crippen LogP contribution in [0.15, 0.2) is 34.3 Å². The minimum absolute atomic E-state index is 0.103. The zero-order chi connectivity index (χ0) is 23.5. The number of anilines is 3. The largest absolute Gasteiger partial charge is 0.460 e. The number of hydrogen-bond acceptors (Lipinski definition) is 8. The van der Waals surface area contributed by atoms with Gasteiger partial charge in [0.2, 0.25) is 0 Å². The van der Waals surface area contributed by atoms with Crippen LogP contribution in [0.3, 0.4) is 0 Å². The summed E-state index contributed by atoms with van der Waals surface area (Å²) in [5.74, 6) is 0.997. The first-order chi connectivity index (χ1) is 15.0. The molecule has 0 aliphatic carbocycles. The summed E-state index contributed by atoms with van der Waals surface area (Å²) >= 11 is 7.63. The molecular weight excluding hydrogens is 446 g/mol. The molecule has 0 atom stereocenters. The van der Waals surface area contributed by atoms with E-state index in [4.69, 9.17) is 27.8 Å². The lowest BCUT2D eigenvalue weighted by atomic mass is 9.76. The van der Waals surface area contributed by atoms with Crippen LogP contribution in [0, 0.1) is 5.41 Å². The Morgan fingerprint density at radius 3 is 2.59 bits per heavy atom. The maximum Gasteiger partial charge on any atom is 0.306 e. The molecule has 0 radical (unpaired) electrons. The normalized spacial score (nSPS) is 16.1. The summed E-state index contributed by atoms with van der Waals surface area (Å²) in [7, 11) is 0. The van der Waals surface area contributed by atoms with E-state index in [1.807, 2.05) is 32.9 Å². The second-order valence-corrected chi connectivity index (χ2v) is 11.0. The fraction of sp³-hybridized carbons (Fsp3) is 0.522. The third-order valence-corrected chi connectivity index (χ3v) is 7.20. The van der Waals surface area contributed by atoms with Gasteiger partial charge in [-0.1, -0.05) is 36.4 Å². The van der Waals surface area contributed by atoms with E-state index >= 15 is 0 Å². The molecule has 9 heteroatoms. The number of carbonyl (C=O) groups is 1. The van der Waals surface area contributed by atoms with Crippen LogP contribution in [-0.4, -0.2) is 34.6 Å². The summed E-state index contributed by atoms with van der Waals surface area (Å²) in [5, 5.41) is 1.09. The molecule has 3 rings (SSSR count). The number of nitrogens with two attached hydrogens (primary N) is 2. The van der Waals surface area contributed by atoms with Gasteiger partial charge in [-0.3, -0.25) is 4.79 Å². The van der Waals surface area contributed by atoms with Crippen molar-refractivity contribution in [3.63, 3.8) is 0 Å². The van der Waals surface area contributed by atoms with Crippen molar-refractivity contribution in [1.82, 2.24) is 9.97 Å². The van der Waals surface area contributed by atoms with E-state index in [1.54, 1.807) is 12.3 Å². The summed E-state index contributed by atoms with van der Waals surface area (Å²) in [6.07, 6.45) is 4.95. The second-order valence-electron chi connectivity index (χ2n) is 9.56. The Hall–Kier alpha value is -2.19. The van der Waals surface area contributed by atoms with Crippen molar-refractivity contribution >= 4 is 46.7 Å². The lowest BCUT2D eigenvalue weighted by molar-refractivity contribution is -0.155. The summed E-state index contributed by atoms with van der Waals surface area (Å²) in [6, 6.07) is 5.47. The van der Waals surface area contributed by atoms with Crippen LogP contribution in [-0.2, 0) is 9.53 Å². The number of halogens is 1. The third kappa shape index (κ3) is 6.42. The molecule has 1 fully saturated rings. The highest BCUT2D eigenvalue weighted by molar-refractivity contribution is 7.99. The highest BCUT2D eigenvalue weighted by Crippen LogP contribution is 2.39. The molecule has 2 aromatic rings. The number of nitrogen functional groups attached to an aromatic ring is 2. The van der Waals surface area contributed by atoms with E-state index in [0.717, 1.165) is 43.1 Å². The van der Waals surface area contributed by atoms with Gasteiger partial charge in [0, 0.05) is 24.4 Å². The average Bonchev–Trinajstić information content (AvgIpc) is 2.71. The van der Waals surface area contributed by atoms with Crippen LogP contribution in [0.1, 0.15) is 53.4 Å². The molecule has 1 aromatic carbocycles. The molecule has 0 amide bonds. The number of esters is 1. The third-order valence-electron chi connectivity index (χ3n) is 5.60. The Morgan fingerprint density at radius 2 is 1.97 bits per heavy atom. The molecule has 0 bridgehead atoms. The predicted molar refractivity (Wildman–Crippen MR) is 131 cm³/mol. The van der Waals surface area contributed by atoms with Crippen LogP contribution in [0.4, 0.5) is 17.3 Å². The van der Waals surface area contributed by atoms with Crippen molar-refractivity contribution in [3.05, 3.63) is 29.4 Å². The number of carbonyl (C=O) groups excluding carboxylic acids is 1. The molecule has 1 aromatic heterocycles. The van der Waals surface area contributed by atoms with Gasteiger partial charge in [0.25, 0.3) is 0 Å². The fourth-order valence-corrected chi connectivity index (χ4v) is 4.71. The molecule has 32 heavy (non-hydrogen) atoms. The molecular formula is C23H32ClN5O2S. The molecule has 1 aliphatic heterocycles. The first-order valence-corrected chi connectivity index (χ1v) is 12.0. The minimum Gasteiger partial charge on any atom is -0.460 e. The second kappa shape index (κ2) is 9.75. The van der Waals surface area contributed by atoms with Gasteiger partial charge in [0.15, 0.2) is 5.82 Å². The van der Waals surface area contributed by atoms with Gasteiger partial charge in [-0.25, -0.2) is 9.97 Å². The molecule has 1 saturated heterocycles. The number of aromatic nitrogens is 2. The van der Waals surface area contributed by atoms with Gasteiger partial charge in [-0.2, -0.15) is 0 Å². The van der Waals surface area contributed by atoms with Gasteiger partial charge in [-0.05, 0) is 57.6 Å². The summed E-state index contributed by atoms with van der Waals surface area (Å²) < 4.78 is 5.45. The number of nitrogens with zero attached hydrogens (tertiary/aromatic N) is 3. The molecule has 1 aliphatic rings. The molecule has 174 valence electrons. The molecule has 0 unspecified atom stereocenters. The quantitative estimate of drug-likeness (QED) is 0.433. The minimum atomic E-state index is -0.442. The van der Waals surface area contributed by atoms with Crippen molar-refractivity contribution in [2.24, 2.45) is 5.41 Å². The topological polar surface area (TPSA) is 107 Å². The maximum absolute atomic E-state index is 12.1. The highest BCUT2D eigenvalue weighted by atomic mass is 35.5. The van der Waals surface area contributed by atoms with Gasteiger partial charge in [0.05, 0.1) is 16.9 Å². The monoisotopic (exact) mass is 477 g/mol. The Morgan fingerprint density at radius 1 is 1.28 bits per heavy atom. The summed E-state index contributed by atoms with van der Waals surface area (Å²) in [5.41, 5.74) is 12.3. The van der Waals surface area contributed by atoms with Gasteiger partial charge in [-0.15, -0.1) is 0 Å². The fourth-order valence-electron chi connectivity index (χ4n) is 3.65. The lowest BCUT2D eigenvalue weighted by Crippen LogP contribution is -2.39. The number of hydrogen-bond donors (Lipinski definition) is 2. The van der Waals surface area contributed by atoms with Crippen molar-refractivity contribution in [2.75, 3.05) is 29.5 Å². The number of ether oxygens (including phenoxy) is 1. The Balaban J connectivity index is 1.58. The maximum atomic E-state index is 12.1. The first kappa shape index (κ1) is 24.5. The average molecular weight is 478 g/mol. The number of piperidine rings is 1. The molecule has 7 nitrogen and oxygen atoms in total. The lowest BCUT2D eigenvalue weighted by Gasteiger charge is -2.40. The summed E-state index contributed by atoms with van der Waals surface area (Å²) in [4.78, 5) is 24.2. The van der Waals surface area contributed by atoms with Crippen LogP contribution in [0.2, 0.25) is 5.02 Å². The van der Waals surface area contributed by atoms with Crippen LogP contribution in [0.5, 0.6) is 0 Å². The van der Waals surface area contributed by atoms with Crippen LogP contribution >= 0.6 is 23.4 Å². The van der Waals surface area contributed by atoms with E-state index in [2.05, 4.69) is 21.8 Å². The van der Waals surface area contributed by atoms with Crippen molar-refractivity contribution in [2.45, 2.75) is 68.9 Å². The van der Waals surface area contributed by atoms with Crippen molar-refractivity contribution < 1.29 is 9.53 Å². The zero-order valence-corrected chi connectivity index (χ0v) is 20.7. The van der Waals surface area contributed by atoms with E-state index in [1.165, 1.54) is 11.8 Å². The van der Waals surface area contributed by atoms with Crippen molar-refractivity contribution in [3.8, 4) is 0 Å². The van der Waals surface area contributed by atoms with E-state index in [0.29, 0.717) is 28.0 Å². The van der Waals surface area contributed by atoms with E-state index in [9.17, 15) is 4.79 Å². The first-order valence-electron chi connectivity index (χ1n) is 10.8. The SMILES string of the molecule is CC1(CCC(=O)OC(C)(C)C)CCN(c2cnc(Sc3cccc(N)c3Cl)c(N)n2)CC1. The Bertz CT molecular complexity index is 971. The van der Waals surface area contributed by atoms with Gasteiger partial charge in [0.1, 0.15) is 16.4 Å². The molecule has 0 saturated carbocycles. The van der Waals surface area contributed by atoms with Crippen LogP contribution < -0.4 is 16.4 Å². The standard InChI is InChI=1S/C23H32ClN5O2S/c1-22(2,3)31-18(30)8-9-23(4)10-12-29(13-11-23)17-14-27-21(20(26)28-17)32-16-7-5-6-15(25)19(16)24/h5-7,14H,8-13,25H2,1-4H3,(H2,26,28). The Kier molecular flexibility index (Phi) is 7.45. The van der Waals surface area contributed by atoms with E-state index < -0.39 is 5.60 Å². The zero-order valence-electron chi connectivity index (χ0n) is 19.2. The van der Waals surface area contributed by atoms with Gasteiger partial charge < -0.3 is 21.1 Å². The highest BCUT2D eigenvalue weighted by Gasteiger charge is 2.32. The smallest absolute Gasteiger partial charge is 0.306 e.